The summed E-state index contributed by atoms with van der Waals surface area (Å²) in [7, 11) is 1.79. The van der Waals surface area contributed by atoms with Gasteiger partial charge in [-0.25, -0.2) is 0 Å². The van der Waals surface area contributed by atoms with Crippen LogP contribution in [-0.4, -0.2) is 29.4 Å². The van der Waals surface area contributed by atoms with Crippen molar-refractivity contribution in [2.24, 2.45) is 5.10 Å². The molecule has 4 heteroatoms. The molecule has 0 amide bonds. The fourth-order valence-electron chi connectivity index (χ4n) is 3.23. The number of rotatable bonds is 6. The lowest BCUT2D eigenvalue weighted by Crippen LogP contribution is -2.31. The lowest BCUT2D eigenvalue weighted by molar-refractivity contribution is 0.321. The lowest BCUT2D eigenvalue weighted by atomic mass is 9.91. The first-order valence-electron chi connectivity index (χ1n) is 8.79. The van der Waals surface area contributed by atoms with Gasteiger partial charge in [-0.15, -0.1) is 0 Å². The van der Waals surface area contributed by atoms with Gasteiger partial charge in [0.15, 0.2) is 0 Å². The van der Waals surface area contributed by atoms with E-state index in [0.29, 0.717) is 22.9 Å². The molecule has 132 valence electrons. The summed E-state index contributed by atoms with van der Waals surface area (Å²) >= 11 is 0. The van der Waals surface area contributed by atoms with Crippen molar-refractivity contribution in [2.75, 3.05) is 13.6 Å². The quantitative estimate of drug-likeness (QED) is 0.818. The molecule has 0 spiro atoms. The van der Waals surface area contributed by atoms with Crippen LogP contribution < -0.4 is 5.32 Å². The highest BCUT2D eigenvalue weighted by Crippen LogP contribution is 2.49. The number of aliphatic hydroxyl groups is 1. The van der Waals surface area contributed by atoms with Gasteiger partial charge in [0.2, 0.25) is 0 Å². The second-order valence-electron chi connectivity index (χ2n) is 7.33. The predicted molar refractivity (Wildman–Crippen MR) is 104 cm³/mol. The number of nitrogens with zero attached hydrogens (tertiary/aromatic N) is 2. The van der Waals surface area contributed by atoms with Crippen molar-refractivity contribution >= 4 is 5.71 Å². The van der Waals surface area contributed by atoms with E-state index in [9.17, 15) is 5.11 Å². The third kappa shape index (κ3) is 3.34. The molecule has 0 saturated heterocycles. The van der Waals surface area contributed by atoms with Gasteiger partial charge in [0.05, 0.1) is 18.4 Å². The molecule has 2 aliphatic rings. The van der Waals surface area contributed by atoms with E-state index in [2.05, 4.69) is 61.7 Å². The van der Waals surface area contributed by atoms with Gasteiger partial charge in [-0.1, -0.05) is 51.3 Å². The second-order valence-corrected chi connectivity index (χ2v) is 7.33. The standard InChI is InChI=1S/C21H27N3O/c1-14(2)17-7-6-8-18(11-17)21(9-10-21)13-24-12-19(25)15(3)20(23-24)16(4)22-5/h6-8,11-12,14,22,25H,3-4,9-10,13H2,1-2,5H3. The van der Waals surface area contributed by atoms with Crippen LogP contribution in [0.4, 0.5) is 0 Å². The molecule has 1 heterocycles. The molecular formula is C21H27N3O. The topological polar surface area (TPSA) is 47.9 Å². The van der Waals surface area contributed by atoms with Crippen LogP contribution in [0.5, 0.6) is 0 Å². The average Bonchev–Trinajstić information content (AvgIpc) is 3.38. The molecule has 1 aliphatic heterocycles. The van der Waals surface area contributed by atoms with Crippen molar-refractivity contribution in [2.45, 2.75) is 38.0 Å². The number of hydrogen-bond acceptors (Lipinski definition) is 4. The summed E-state index contributed by atoms with van der Waals surface area (Å²) in [5, 5.41) is 19.7. The zero-order valence-corrected chi connectivity index (χ0v) is 15.3. The minimum Gasteiger partial charge on any atom is -0.506 e. The SMILES string of the molecule is C=C(NC)C1=NN(CC2(c3cccc(C(C)C)c3)CC2)C=C(O)C1=C. The Morgan fingerprint density at radius 3 is 2.72 bits per heavy atom. The minimum absolute atomic E-state index is 0.107. The summed E-state index contributed by atoms with van der Waals surface area (Å²) in [5.41, 5.74) is 4.59. The van der Waals surface area contributed by atoms with E-state index >= 15 is 0 Å². The number of nitrogens with one attached hydrogen (secondary N) is 1. The van der Waals surface area contributed by atoms with Gasteiger partial charge >= 0.3 is 0 Å². The van der Waals surface area contributed by atoms with Crippen LogP contribution in [0.25, 0.3) is 0 Å². The first-order valence-corrected chi connectivity index (χ1v) is 8.79. The number of benzene rings is 1. The normalized spacial score (nSPS) is 18.7. The van der Waals surface area contributed by atoms with E-state index in [-0.39, 0.29) is 11.2 Å². The van der Waals surface area contributed by atoms with Crippen LogP contribution in [-0.2, 0) is 5.41 Å². The minimum atomic E-state index is 0.107. The fourth-order valence-corrected chi connectivity index (χ4v) is 3.23. The maximum absolute atomic E-state index is 10.2. The summed E-state index contributed by atoms with van der Waals surface area (Å²) in [6.45, 7) is 13.0. The van der Waals surface area contributed by atoms with Crippen molar-refractivity contribution in [1.29, 1.82) is 0 Å². The molecule has 0 aromatic heterocycles. The lowest BCUT2D eigenvalue weighted by Gasteiger charge is -2.28. The van der Waals surface area contributed by atoms with Gasteiger partial charge in [-0.3, -0.25) is 5.01 Å². The molecule has 2 N–H and O–H groups in total. The maximum Gasteiger partial charge on any atom is 0.142 e. The highest BCUT2D eigenvalue weighted by molar-refractivity contribution is 6.13. The monoisotopic (exact) mass is 337 g/mol. The third-order valence-corrected chi connectivity index (χ3v) is 5.17. The molecule has 0 atom stereocenters. The Kier molecular flexibility index (Phi) is 4.46. The molecule has 0 unspecified atom stereocenters. The smallest absolute Gasteiger partial charge is 0.142 e. The van der Waals surface area contributed by atoms with E-state index in [1.54, 1.807) is 13.2 Å². The van der Waals surface area contributed by atoms with Gasteiger partial charge < -0.3 is 10.4 Å². The Labute approximate surface area is 150 Å². The number of hydrogen-bond donors (Lipinski definition) is 2. The molecule has 1 aromatic carbocycles. The van der Waals surface area contributed by atoms with Gasteiger partial charge in [-0.05, 0) is 29.9 Å². The van der Waals surface area contributed by atoms with Crippen LogP contribution in [0.2, 0.25) is 0 Å². The first-order chi connectivity index (χ1) is 11.9. The molecule has 1 saturated carbocycles. The summed E-state index contributed by atoms with van der Waals surface area (Å²) in [6.07, 6.45) is 3.94. The Morgan fingerprint density at radius 1 is 1.40 bits per heavy atom. The van der Waals surface area contributed by atoms with E-state index < -0.39 is 0 Å². The zero-order chi connectivity index (χ0) is 18.2. The molecule has 25 heavy (non-hydrogen) atoms. The van der Waals surface area contributed by atoms with E-state index in [1.807, 2.05) is 5.01 Å². The van der Waals surface area contributed by atoms with Crippen molar-refractivity contribution in [3.05, 3.63) is 71.8 Å². The van der Waals surface area contributed by atoms with Crippen LogP contribution in [0.15, 0.2) is 65.8 Å². The Bertz CT molecular complexity index is 769. The van der Waals surface area contributed by atoms with Crippen molar-refractivity contribution in [3.8, 4) is 0 Å². The Hall–Kier alpha value is -2.49. The molecule has 0 bridgehead atoms. The van der Waals surface area contributed by atoms with Crippen LogP contribution in [0.1, 0.15) is 43.7 Å². The molecule has 1 aliphatic carbocycles. The highest BCUT2D eigenvalue weighted by Gasteiger charge is 2.46. The van der Waals surface area contributed by atoms with Gasteiger partial charge in [0.1, 0.15) is 11.5 Å². The van der Waals surface area contributed by atoms with Crippen molar-refractivity contribution in [3.63, 3.8) is 0 Å². The molecule has 1 aromatic rings. The Balaban J connectivity index is 1.86. The first kappa shape index (κ1) is 17.3. The molecule has 1 fully saturated rings. The van der Waals surface area contributed by atoms with Crippen molar-refractivity contribution in [1.82, 2.24) is 10.3 Å². The van der Waals surface area contributed by atoms with Crippen LogP contribution >= 0.6 is 0 Å². The van der Waals surface area contributed by atoms with Gasteiger partial charge in [0.25, 0.3) is 0 Å². The van der Waals surface area contributed by atoms with Crippen LogP contribution in [0.3, 0.4) is 0 Å². The number of aliphatic hydroxyl groups excluding tert-OH is 1. The molecule has 3 rings (SSSR count). The van der Waals surface area contributed by atoms with Crippen molar-refractivity contribution < 1.29 is 5.11 Å². The largest absolute Gasteiger partial charge is 0.506 e. The molecular weight excluding hydrogens is 310 g/mol. The number of hydrazone groups is 1. The predicted octanol–water partition coefficient (Wildman–Crippen LogP) is 4.20. The van der Waals surface area contributed by atoms with Gasteiger partial charge in [0, 0.05) is 18.0 Å². The highest BCUT2D eigenvalue weighted by atomic mass is 16.3. The second kappa shape index (κ2) is 6.43. The summed E-state index contributed by atoms with van der Waals surface area (Å²) in [5.74, 6) is 0.662. The maximum atomic E-state index is 10.2. The van der Waals surface area contributed by atoms with E-state index in [0.717, 1.165) is 19.4 Å². The Morgan fingerprint density at radius 2 is 2.12 bits per heavy atom. The zero-order valence-electron chi connectivity index (χ0n) is 15.3. The molecule has 4 nitrogen and oxygen atoms in total. The third-order valence-electron chi connectivity index (χ3n) is 5.17. The summed E-state index contributed by atoms with van der Waals surface area (Å²) in [6, 6.07) is 8.87. The van der Waals surface area contributed by atoms with Crippen LogP contribution in [0, 0.1) is 0 Å². The number of allylic oxidation sites excluding steroid dienone is 2. The van der Waals surface area contributed by atoms with Gasteiger partial charge in [-0.2, -0.15) is 5.10 Å². The van der Waals surface area contributed by atoms with E-state index in [1.165, 1.54) is 11.1 Å². The average molecular weight is 337 g/mol. The fraction of sp³-hybridized carbons (Fsp3) is 0.381. The summed E-state index contributed by atoms with van der Waals surface area (Å²) < 4.78 is 0. The van der Waals surface area contributed by atoms with E-state index in [4.69, 9.17) is 0 Å². The molecule has 0 radical (unpaired) electrons. The summed E-state index contributed by atoms with van der Waals surface area (Å²) in [4.78, 5) is 0.